The number of anilines is 2. The Balaban J connectivity index is 1.48. The molecule has 0 unspecified atom stereocenters. The van der Waals surface area contributed by atoms with Gasteiger partial charge in [-0.2, -0.15) is 13.2 Å². The smallest absolute Gasteiger partial charge is 0.357 e. The number of halogens is 3. The van der Waals surface area contributed by atoms with Crippen molar-refractivity contribution in [3.63, 3.8) is 0 Å². The summed E-state index contributed by atoms with van der Waals surface area (Å²) in [5.74, 6) is 0.257. The Labute approximate surface area is 171 Å². The van der Waals surface area contributed by atoms with E-state index in [0.717, 1.165) is 43.0 Å². The summed E-state index contributed by atoms with van der Waals surface area (Å²) in [5, 5.41) is 12.5. The fourth-order valence-corrected chi connectivity index (χ4v) is 4.03. The minimum Gasteiger partial charge on any atom is -0.357 e. The number of rotatable bonds is 7. The van der Waals surface area contributed by atoms with Crippen LogP contribution >= 0.6 is 11.3 Å². The van der Waals surface area contributed by atoms with Gasteiger partial charge >= 0.3 is 6.18 Å². The molecule has 0 spiro atoms. The molecule has 158 valence electrons. The highest BCUT2D eigenvalue weighted by atomic mass is 32.1. The van der Waals surface area contributed by atoms with Crippen molar-refractivity contribution in [1.29, 1.82) is 0 Å². The molecule has 0 aromatic carbocycles. The molecule has 6 nitrogen and oxygen atoms in total. The molecule has 10 heteroatoms. The van der Waals surface area contributed by atoms with Crippen molar-refractivity contribution in [3.8, 4) is 0 Å². The van der Waals surface area contributed by atoms with Crippen LogP contribution in [0.5, 0.6) is 0 Å². The lowest BCUT2D eigenvalue weighted by Crippen LogP contribution is -2.38. The van der Waals surface area contributed by atoms with Gasteiger partial charge < -0.3 is 10.2 Å². The van der Waals surface area contributed by atoms with E-state index in [-0.39, 0.29) is 11.8 Å². The molecule has 0 atom stereocenters. The number of aryl methyl sites for hydroxylation is 1. The van der Waals surface area contributed by atoms with Gasteiger partial charge in [0.1, 0.15) is 10.8 Å². The first kappa shape index (κ1) is 21.5. The van der Waals surface area contributed by atoms with Crippen LogP contribution in [0.4, 0.5) is 24.1 Å². The van der Waals surface area contributed by atoms with Crippen LogP contribution in [0.3, 0.4) is 0 Å². The van der Waals surface area contributed by atoms with Crippen molar-refractivity contribution in [2.75, 3.05) is 23.3 Å². The first-order chi connectivity index (χ1) is 13.9. The van der Waals surface area contributed by atoms with Crippen LogP contribution < -0.4 is 10.2 Å². The Hall–Kier alpha value is -2.23. The molecule has 0 aliphatic carbocycles. The highest BCUT2D eigenvalue weighted by molar-refractivity contribution is 7.15. The van der Waals surface area contributed by atoms with Gasteiger partial charge in [0.2, 0.25) is 11.0 Å². The molecular weight excluding hydrogens is 403 g/mol. The zero-order valence-corrected chi connectivity index (χ0v) is 17.0. The number of aromatic nitrogens is 3. The van der Waals surface area contributed by atoms with Crippen LogP contribution in [0.1, 0.15) is 49.6 Å². The van der Waals surface area contributed by atoms with Crippen molar-refractivity contribution in [1.82, 2.24) is 15.2 Å². The number of piperidine rings is 1. The fourth-order valence-electron chi connectivity index (χ4n) is 3.25. The largest absolute Gasteiger partial charge is 0.417 e. The maximum atomic E-state index is 12.7. The first-order valence-electron chi connectivity index (χ1n) is 9.78. The lowest BCUT2D eigenvalue weighted by molar-refractivity contribution is -0.137. The van der Waals surface area contributed by atoms with Crippen LogP contribution in [0, 0.1) is 5.92 Å². The molecule has 1 amide bonds. The van der Waals surface area contributed by atoms with E-state index >= 15 is 0 Å². The topological polar surface area (TPSA) is 71.0 Å². The standard InChI is InChI=1S/C19H24F3N5OS/c1-2-3-4-5-16-25-26-18(29-16)24-17(28)13-8-10-27(11-9-13)15-7-6-14(12-23-15)19(20,21)22/h6-7,12-13H,2-5,8-11H2,1H3,(H,24,26,28). The normalized spacial score (nSPS) is 15.5. The van der Waals surface area contributed by atoms with Gasteiger partial charge in [-0.15, -0.1) is 10.2 Å². The van der Waals surface area contributed by atoms with E-state index in [1.807, 2.05) is 4.90 Å². The zero-order chi connectivity index (χ0) is 20.9. The Kier molecular flexibility index (Phi) is 7.05. The minimum absolute atomic E-state index is 0.0821. The van der Waals surface area contributed by atoms with Gasteiger partial charge in [-0.25, -0.2) is 4.98 Å². The zero-order valence-electron chi connectivity index (χ0n) is 16.2. The highest BCUT2D eigenvalue weighted by Crippen LogP contribution is 2.30. The molecule has 2 aromatic heterocycles. The number of hydrogen-bond acceptors (Lipinski definition) is 6. The number of amides is 1. The van der Waals surface area contributed by atoms with Gasteiger partial charge in [-0.05, 0) is 31.4 Å². The number of nitrogens with zero attached hydrogens (tertiary/aromatic N) is 4. The Morgan fingerprint density at radius 2 is 2.00 bits per heavy atom. The van der Waals surface area contributed by atoms with Gasteiger partial charge in [-0.1, -0.05) is 31.1 Å². The van der Waals surface area contributed by atoms with E-state index in [2.05, 4.69) is 27.4 Å². The van der Waals surface area contributed by atoms with Crippen LogP contribution in [0.25, 0.3) is 0 Å². The molecule has 1 saturated heterocycles. The summed E-state index contributed by atoms with van der Waals surface area (Å²) in [5.41, 5.74) is -0.762. The van der Waals surface area contributed by atoms with Gasteiger partial charge in [0.05, 0.1) is 5.56 Å². The maximum absolute atomic E-state index is 12.7. The van der Waals surface area contributed by atoms with Crippen LogP contribution in [-0.2, 0) is 17.4 Å². The van der Waals surface area contributed by atoms with Gasteiger partial charge in [-0.3, -0.25) is 4.79 Å². The highest BCUT2D eigenvalue weighted by Gasteiger charge is 2.31. The quantitative estimate of drug-likeness (QED) is 0.657. The third-order valence-corrected chi connectivity index (χ3v) is 5.85. The number of unbranched alkanes of at least 4 members (excludes halogenated alkanes) is 2. The van der Waals surface area contributed by atoms with Crippen molar-refractivity contribution in [2.45, 2.75) is 51.6 Å². The van der Waals surface area contributed by atoms with Crippen molar-refractivity contribution >= 4 is 28.2 Å². The summed E-state index contributed by atoms with van der Waals surface area (Å²) < 4.78 is 38.0. The Morgan fingerprint density at radius 3 is 2.62 bits per heavy atom. The molecule has 0 bridgehead atoms. The number of carbonyl (C=O) groups is 1. The van der Waals surface area contributed by atoms with E-state index in [4.69, 9.17) is 0 Å². The van der Waals surface area contributed by atoms with Crippen LogP contribution in [0.2, 0.25) is 0 Å². The molecule has 1 aliphatic heterocycles. The average molecular weight is 427 g/mol. The number of carbonyl (C=O) groups excluding carboxylic acids is 1. The van der Waals surface area contributed by atoms with E-state index in [0.29, 0.717) is 36.9 Å². The molecular formula is C19H24F3N5OS. The number of pyridine rings is 1. The lowest BCUT2D eigenvalue weighted by Gasteiger charge is -2.32. The Morgan fingerprint density at radius 1 is 1.24 bits per heavy atom. The van der Waals surface area contributed by atoms with Crippen LogP contribution in [-0.4, -0.2) is 34.2 Å². The summed E-state index contributed by atoms with van der Waals surface area (Å²) in [6.45, 7) is 3.27. The third-order valence-electron chi connectivity index (χ3n) is 4.96. The monoisotopic (exact) mass is 427 g/mol. The van der Waals surface area contributed by atoms with E-state index < -0.39 is 11.7 Å². The molecule has 29 heavy (non-hydrogen) atoms. The maximum Gasteiger partial charge on any atom is 0.417 e. The van der Waals surface area contributed by atoms with Gasteiger partial charge in [0.15, 0.2) is 0 Å². The predicted molar refractivity (Wildman–Crippen MR) is 106 cm³/mol. The van der Waals surface area contributed by atoms with Crippen molar-refractivity contribution < 1.29 is 18.0 Å². The third kappa shape index (κ3) is 5.88. The summed E-state index contributed by atoms with van der Waals surface area (Å²) in [6.07, 6.45) is 1.90. The average Bonchev–Trinajstić information content (AvgIpc) is 3.15. The predicted octanol–water partition coefficient (Wildman–Crippen LogP) is 4.54. The van der Waals surface area contributed by atoms with Crippen molar-refractivity contribution in [3.05, 3.63) is 28.9 Å². The molecule has 0 saturated carbocycles. The second-order valence-corrected chi connectivity index (χ2v) is 8.17. The number of nitrogens with one attached hydrogen (secondary N) is 1. The van der Waals surface area contributed by atoms with Gasteiger partial charge in [0.25, 0.3) is 0 Å². The second-order valence-electron chi connectivity index (χ2n) is 7.11. The van der Waals surface area contributed by atoms with Crippen LogP contribution in [0.15, 0.2) is 18.3 Å². The lowest BCUT2D eigenvalue weighted by atomic mass is 9.96. The molecule has 3 heterocycles. The molecule has 1 N–H and O–H groups in total. The summed E-state index contributed by atoms with van der Waals surface area (Å²) in [4.78, 5) is 18.3. The summed E-state index contributed by atoms with van der Waals surface area (Å²) in [7, 11) is 0. The summed E-state index contributed by atoms with van der Waals surface area (Å²) in [6, 6.07) is 2.42. The molecule has 2 aromatic rings. The van der Waals surface area contributed by atoms with E-state index in [1.165, 1.54) is 17.4 Å². The molecule has 1 fully saturated rings. The van der Waals surface area contributed by atoms with Gasteiger partial charge in [0, 0.05) is 31.6 Å². The molecule has 1 aliphatic rings. The molecule has 0 radical (unpaired) electrons. The number of hydrogen-bond donors (Lipinski definition) is 1. The SMILES string of the molecule is CCCCCc1nnc(NC(=O)C2CCN(c3ccc(C(F)(F)F)cn3)CC2)s1. The molecule has 3 rings (SSSR count). The minimum atomic E-state index is -4.39. The fraction of sp³-hybridized carbons (Fsp3) is 0.579. The number of alkyl halides is 3. The van der Waals surface area contributed by atoms with E-state index in [1.54, 1.807) is 0 Å². The second kappa shape index (κ2) is 9.51. The summed E-state index contributed by atoms with van der Waals surface area (Å²) >= 11 is 1.41. The Bertz CT molecular complexity index is 801. The van der Waals surface area contributed by atoms with E-state index in [9.17, 15) is 18.0 Å². The first-order valence-corrected chi connectivity index (χ1v) is 10.6. The van der Waals surface area contributed by atoms with Crippen molar-refractivity contribution in [2.24, 2.45) is 5.92 Å².